The molecule has 0 spiro atoms. The Kier molecular flexibility index (Phi) is 4.88. The summed E-state index contributed by atoms with van der Waals surface area (Å²) in [5, 5.41) is 5.88. The van der Waals surface area contributed by atoms with Gasteiger partial charge in [0.15, 0.2) is 0 Å². The van der Waals surface area contributed by atoms with E-state index in [1.165, 1.54) is 0 Å². The Morgan fingerprint density at radius 1 is 0.968 bits per heavy atom. The second kappa shape index (κ2) is 7.85. The molecule has 0 fully saturated rings. The zero-order valence-electron chi connectivity index (χ0n) is 16.5. The molecular weight excluding hydrogens is 408 g/mol. The smallest absolute Gasteiger partial charge is 0.249 e. The highest BCUT2D eigenvalue weighted by Crippen LogP contribution is 2.28. The Morgan fingerprint density at radius 3 is 2.61 bits per heavy atom. The number of benzodiazepines with no additional fused rings is 1. The largest absolute Gasteiger partial charge is 0.384 e. The number of rotatable bonds is 3. The molecule has 1 unspecified atom stereocenters. The van der Waals surface area contributed by atoms with Crippen LogP contribution in [0.15, 0.2) is 84.0 Å². The molecule has 31 heavy (non-hydrogen) atoms. The van der Waals surface area contributed by atoms with E-state index in [4.69, 9.17) is 22.3 Å². The molecule has 5 nitrogen and oxygen atoms in total. The van der Waals surface area contributed by atoms with Gasteiger partial charge in [-0.05, 0) is 46.7 Å². The number of nitrogens with one attached hydrogen (secondary N) is 1. The van der Waals surface area contributed by atoms with E-state index in [-0.39, 0.29) is 5.91 Å². The highest BCUT2D eigenvalue weighted by Gasteiger charge is 2.26. The minimum Gasteiger partial charge on any atom is -0.384 e. The number of fused-ring (bicyclic) bond motifs is 2. The van der Waals surface area contributed by atoms with Crippen LogP contribution < -0.4 is 11.1 Å². The molecule has 5 rings (SSSR count). The van der Waals surface area contributed by atoms with Gasteiger partial charge in [-0.3, -0.25) is 9.79 Å². The molecule has 2 heterocycles. The maximum atomic E-state index is 13.1. The Hall–Kier alpha value is -3.70. The predicted octanol–water partition coefficient (Wildman–Crippen LogP) is 4.87. The van der Waals surface area contributed by atoms with Crippen LogP contribution in [0.1, 0.15) is 16.7 Å². The summed E-state index contributed by atoms with van der Waals surface area (Å²) in [6.45, 7) is 0. The minimum atomic E-state index is -0.597. The molecule has 1 aliphatic heterocycles. The van der Waals surface area contributed by atoms with Crippen molar-refractivity contribution >= 4 is 45.5 Å². The second-order valence-corrected chi connectivity index (χ2v) is 7.97. The fraction of sp³-hybridized carbons (Fsp3) is 0.0800. The first-order valence-electron chi connectivity index (χ1n) is 9.95. The molecule has 152 valence electrons. The van der Waals surface area contributed by atoms with Gasteiger partial charge in [-0.1, -0.05) is 54.1 Å². The fourth-order valence-electron chi connectivity index (χ4n) is 3.82. The van der Waals surface area contributed by atoms with Gasteiger partial charge in [-0.15, -0.1) is 0 Å². The van der Waals surface area contributed by atoms with Crippen LogP contribution in [0, 0.1) is 0 Å². The Labute approximate surface area is 184 Å². The molecule has 1 atom stereocenters. The number of carbonyl (C=O) groups excluding carboxylic acids is 1. The van der Waals surface area contributed by atoms with Crippen LogP contribution in [0.2, 0.25) is 5.02 Å². The molecule has 1 aromatic heterocycles. The van der Waals surface area contributed by atoms with Crippen LogP contribution in [0.25, 0.3) is 10.8 Å². The molecule has 0 saturated carbocycles. The van der Waals surface area contributed by atoms with E-state index >= 15 is 0 Å². The standard InChI is InChI=1S/C25H19ClN4O/c26-19-8-9-21-20(13-19)24(18-7-10-23(27)28-14-18)29-22(25(31)30-21)12-15-5-6-16-3-1-2-4-17(16)11-15/h1-11,13-14,22H,12H2,(H2,27,28)(H,30,31). The molecule has 3 aromatic carbocycles. The van der Waals surface area contributed by atoms with Gasteiger partial charge >= 0.3 is 0 Å². The zero-order valence-corrected chi connectivity index (χ0v) is 17.3. The van der Waals surface area contributed by atoms with Crippen LogP contribution in [-0.4, -0.2) is 22.6 Å². The number of anilines is 2. The van der Waals surface area contributed by atoms with E-state index < -0.39 is 6.04 Å². The van der Waals surface area contributed by atoms with Crippen LogP contribution in [0.3, 0.4) is 0 Å². The number of nitrogens with two attached hydrogens (primary N) is 1. The van der Waals surface area contributed by atoms with E-state index in [9.17, 15) is 4.79 Å². The molecule has 0 aliphatic carbocycles. The van der Waals surface area contributed by atoms with E-state index in [0.29, 0.717) is 28.7 Å². The molecule has 0 saturated heterocycles. The Bertz CT molecular complexity index is 1330. The van der Waals surface area contributed by atoms with Crippen LogP contribution in [0.4, 0.5) is 11.5 Å². The maximum absolute atomic E-state index is 13.1. The molecule has 0 bridgehead atoms. The summed E-state index contributed by atoms with van der Waals surface area (Å²) in [6, 6.07) is 22.7. The number of aliphatic imine (C=N–C) groups is 1. The number of amides is 1. The zero-order chi connectivity index (χ0) is 21.4. The average Bonchev–Trinajstić information content (AvgIpc) is 2.91. The van der Waals surface area contributed by atoms with Crippen molar-refractivity contribution < 1.29 is 4.79 Å². The van der Waals surface area contributed by atoms with Gasteiger partial charge in [0.05, 0.1) is 11.4 Å². The summed E-state index contributed by atoms with van der Waals surface area (Å²) in [5.41, 5.74) is 9.67. The van der Waals surface area contributed by atoms with Crippen molar-refractivity contribution in [3.8, 4) is 0 Å². The topological polar surface area (TPSA) is 80.4 Å². The third-order valence-electron chi connectivity index (χ3n) is 5.38. The number of carbonyl (C=O) groups is 1. The van der Waals surface area contributed by atoms with Gasteiger partial charge in [0, 0.05) is 28.8 Å². The van der Waals surface area contributed by atoms with Gasteiger partial charge in [0.25, 0.3) is 0 Å². The normalized spacial score (nSPS) is 15.7. The van der Waals surface area contributed by atoms with Crippen LogP contribution in [-0.2, 0) is 11.2 Å². The number of nitrogens with zero attached hydrogens (tertiary/aromatic N) is 2. The number of benzene rings is 3. The lowest BCUT2D eigenvalue weighted by Crippen LogP contribution is -2.27. The number of pyridine rings is 1. The predicted molar refractivity (Wildman–Crippen MR) is 126 cm³/mol. The van der Waals surface area contributed by atoms with Crippen molar-refractivity contribution in [2.24, 2.45) is 4.99 Å². The highest BCUT2D eigenvalue weighted by molar-refractivity contribution is 6.32. The third kappa shape index (κ3) is 3.88. The Balaban J connectivity index is 1.59. The summed E-state index contributed by atoms with van der Waals surface area (Å²) >= 11 is 6.26. The SMILES string of the molecule is Nc1ccc(C2=NC(Cc3ccc4ccccc4c3)C(=O)Nc3ccc(Cl)cc32)cn1. The highest BCUT2D eigenvalue weighted by atomic mass is 35.5. The molecule has 3 N–H and O–H groups in total. The van der Waals surface area contributed by atoms with Gasteiger partial charge in [-0.25, -0.2) is 4.98 Å². The molecule has 0 radical (unpaired) electrons. The molecule has 1 aliphatic rings. The van der Waals surface area contributed by atoms with Gasteiger partial charge in [-0.2, -0.15) is 0 Å². The summed E-state index contributed by atoms with van der Waals surface area (Å²) in [5.74, 6) is 0.265. The first-order chi connectivity index (χ1) is 15.1. The lowest BCUT2D eigenvalue weighted by Gasteiger charge is -2.12. The second-order valence-electron chi connectivity index (χ2n) is 7.53. The van der Waals surface area contributed by atoms with E-state index in [0.717, 1.165) is 27.5 Å². The van der Waals surface area contributed by atoms with E-state index in [1.54, 1.807) is 24.4 Å². The van der Waals surface area contributed by atoms with Gasteiger partial charge < -0.3 is 11.1 Å². The third-order valence-corrected chi connectivity index (χ3v) is 5.62. The summed E-state index contributed by atoms with van der Waals surface area (Å²) in [6.07, 6.45) is 2.14. The fourth-order valence-corrected chi connectivity index (χ4v) is 4.00. The van der Waals surface area contributed by atoms with Crippen molar-refractivity contribution in [3.05, 3.63) is 101 Å². The molecule has 6 heteroatoms. The van der Waals surface area contributed by atoms with Gasteiger partial charge in [0.1, 0.15) is 11.9 Å². The number of halogens is 1. The van der Waals surface area contributed by atoms with Gasteiger partial charge in [0.2, 0.25) is 5.91 Å². The first-order valence-corrected chi connectivity index (χ1v) is 10.3. The van der Waals surface area contributed by atoms with Crippen LogP contribution >= 0.6 is 11.6 Å². The van der Waals surface area contributed by atoms with Crippen molar-refractivity contribution in [2.45, 2.75) is 12.5 Å². The summed E-state index contributed by atoms with van der Waals surface area (Å²) in [7, 11) is 0. The van der Waals surface area contributed by atoms with E-state index in [2.05, 4.69) is 34.6 Å². The number of hydrogen-bond donors (Lipinski definition) is 2. The molecule has 1 amide bonds. The van der Waals surface area contributed by atoms with Crippen molar-refractivity contribution in [2.75, 3.05) is 11.1 Å². The number of aromatic nitrogens is 1. The molecule has 4 aromatic rings. The Morgan fingerprint density at radius 2 is 1.81 bits per heavy atom. The van der Waals surface area contributed by atoms with Crippen molar-refractivity contribution in [1.29, 1.82) is 0 Å². The van der Waals surface area contributed by atoms with E-state index in [1.807, 2.05) is 30.3 Å². The maximum Gasteiger partial charge on any atom is 0.249 e. The first kappa shape index (κ1) is 19.3. The lowest BCUT2D eigenvalue weighted by atomic mass is 10.0. The molecular formula is C25H19ClN4O. The minimum absolute atomic E-state index is 0.157. The monoisotopic (exact) mass is 426 g/mol. The quantitative estimate of drug-likeness (QED) is 0.490. The van der Waals surface area contributed by atoms with Crippen molar-refractivity contribution in [1.82, 2.24) is 4.98 Å². The average molecular weight is 427 g/mol. The van der Waals surface area contributed by atoms with Crippen LogP contribution in [0.5, 0.6) is 0 Å². The lowest BCUT2D eigenvalue weighted by molar-refractivity contribution is -0.117. The summed E-state index contributed by atoms with van der Waals surface area (Å²) < 4.78 is 0. The number of nitrogen functional groups attached to an aromatic ring is 1. The summed E-state index contributed by atoms with van der Waals surface area (Å²) in [4.78, 5) is 22.2. The van der Waals surface area contributed by atoms with Crippen molar-refractivity contribution in [3.63, 3.8) is 0 Å². The number of hydrogen-bond acceptors (Lipinski definition) is 4.